The van der Waals surface area contributed by atoms with E-state index in [4.69, 9.17) is 5.26 Å². The zero-order valence-corrected chi connectivity index (χ0v) is 12.1. The molecule has 4 rings (SSSR count). The number of rotatable bonds is 1. The van der Waals surface area contributed by atoms with E-state index in [0.717, 1.165) is 16.1 Å². The smallest absolute Gasteiger partial charge is 0.134 e. The van der Waals surface area contributed by atoms with E-state index in [0.29, 0.717) is 17.7 Å². The molecule has 1 spiro atoms. The molecule has 1 aliphatic carbocycles. The number of nitrogens with zero attached hydrogens (tertiary/aromatic N) is 2. The van der Waals surface area contributed by atoms with Crippen LogP contribution in [0.2, 0.25) is 0 Å². The van der Waals surface area contributed by atoms with E-state index in [1.54, 1.807) is 0 Å². The fourth-order valence-electron chi connectivity index (χ4n) is 3.54. The van der Waals surface area contributed by atoms with E-state index >= 15 is 0 Å². The number of Topliss-reactive ketones (excluding diaryl/α,β-unsaturated/α-hetero) is 1. The van der Waals surface area contributed by atoms with Crippen molar-refractivity contribution in [3.8, 4) is 6.07 Å². The average molecular weight is 292 g/mol. The first kappa shape index (κ1) is 12.5. The van der Waals surface area contributed by atoms with Gasteiger partial charge in [0.05, 0.1) is 5.69 Å². The van der Waals surface area contributed by atoms with Crippen molar-refractivity contribution in [2.45, 2.75) is 24.2 Å². The van der Waals surface area contributed by atoms with Crippen LogP contribution in [0, 0.1) is 11.3 Å². The van der Waals surface area contributed by atoms with Gasteiger partial charge in [0.15, 0.2) is 0 Å². The molecule has 1 saturated carbocycles. The Balaban J connectivity index is 1.86. The lowest BCUT2D eigenvalue weighted by molar-refractivity contribution is -0.117. The van der Waals surface area contributed by atoms with Gasteiger partial charge < -0.3 is 0 Å². The molecule has 2 unspecified atom stereocenters. The molecule has 0 amide bonds. The van der Waals surface area contributed by atoms with Gasteiger partial charge in [-0.2, -0.15) is 5.26 Å². The summed E-state index contributed by atoms with van der Waals surface area (Å²) >= 11 is 1.49. The molecule has 2 aliphatic rings. The molecule has 1 aliphatic heterocycles. The molecule has 1 fully saturated rings. The Kier molecular flexibility index (Phi) is 2.60. The molecule has 0 N–H and O–H groups in total. The molecule has 0 bridgehead atoms. The SMILES string of the molecule is N#Cc1ccc(C2CC(=O)CC23C=Nc2ccccc23)s1. The first-order valence-electron chi connectivity index (χ1n) is 6.89. The molecule has 0 radical (unpaired) electrons. The first-order chi connectivity index (χ1) is 10.2. The lowest BCUT2D eigenvalue weighted by atomic mass is 9.73. The zero-order valence-electron chi connectivity index (χ0n) is 11.2. The number of hydrogen-bond donors (Lipinski definition) is 0. The van der Waals surface area contributed by atoms with E-state index in [1.807, 2.05) is 36.5 Å². The van der Waals surface area contributed by atoms with Gasteiger partial charge in [0, 0.05) is 35.3 Å². The first-order valence-corrected chi connectivity index (χ1v) is 7.71. The minimum Gasteiger partial charge on any atom is -0.300 e. The molecule has 1 aromatic carbocycles. The lowest BCUT2D eigenvalue weighted by Crippen LogP contribution is -2.28. The normalized spacial score (nSPS) is 26.2. The number of nitriles is 1. The van der Waals surface area contributed by atoms with Gasteiger partial charge in [-0.3, -0.25) is 9.79 Å². The second-order valence-electron chi connectivity index (χ2n) is 5.60. The predicted molar refractivity (Wildman–Crippen MR) is 82.3 cm³/mol. The van der Waals surface area contributed by atoms with Crippen molar-refractivity contribution in [2.75, 3.05) is 0 Å². The number of carbonyl (C=O) groups excluding carboxylic acids is 1. The molecule has 102 valence electrons. The molecule has 0 saturated heterocycles. The standard InChI is InChI=1S/C17H12N2OS/c18-9-12-5-6-16(21-12)14-7-11(20)8-17(14)10-19-15-4-2-1-3-13(15)17/h1-6,10,14H,7-8H2. The number of thiophene rings is 1. The molecular formula is C17H12N2OS. The van der Waals surface area contributed by atoms with Crippen LogP contribution < -0.4 is 0 Å². The molecular weight excluding hydrogens is 280 g/mol. The number of benzene rings is 1. The van der Waals surface area contributed by atoms with Gasteiger partial charge >= 0.3 is 0 Å². The zero-order chi connectivity index (χ0) is 14.4. The maximum Gasteiger partial charge on any atom is 0.134 e. The van der Waals surface area contributed by atoms with Crippen molar-refractivity contribution >= 4 is 29.0 Å². The van der Waals surface area contributed by atoms with E-state index in [9.17, 15) is 4.79 Å². The van der Waals surface area contributed by atoms with Gasteiger partial charge in [-0.1, -0.05) is 18.2 Å². The Morgan fingerprint density at radius 1 is 1.29 bits per heavy atom. The third-order valence-electron chi connectivity index (χ3n) is 4.46. The van der Waals surface area contributed by atoms with Crippen molar-refractivity contribution < 1.29 is 4.79 Å². The summed E-state index contributed by atoms with van der Waals surface area (Å²) in [5.41, 5.74) is 1.80. The number of carbonyl (C=O) groups is 1. The van der Waals surface area contributed by atoms with Crippen LogP contribution >= 0.6 is 11.3 Å². The maximum atomic E-state index is 12.2. The number of ketones is 1. The van der Waals surface area contributed by atoms with Crippen molar-refractivity contribution in [1.29, 1.82) is 5.26 Å². The lowest BCUT2D eigenvalue weighted by Gasteiger charge is -2.28. The van der Waals surface area contributed by atoms with Crippen molar-refractivity contribution in [2.24, 2.45) is 4.99 Å². The molecule has 21 heavy (non-hydrogen) atoms. The summed E-state index contributed by atoms with van der Waals surface area (Å²) in [6.45, 7) is 0. The highest BCUT2D eigenvalue weighted by Gasteiger charge is 2.51. The van der Waals surface area contributed by atoms with Gasteiger partial charge in [-0.05, 0) is 23.8 Å². The third kappa shape index (κ3) is 1.71. The number of hydrogen-bond acceptors (Lipinski definition) is 4. The Morgan fingerprint density at radius 3 is 2.95 bits per heavy atom. The number of aliphatic imine (C=N–C) groups is 1. The maximum absolute atomic E-state index is 12.2. The highest BCUT2D eigenvalue weighted by molar-refractivity contribution is 7.12. The molecule has 1 aromatic heterocycles. The van der Waals surface area contributed by atoms with Gasteiger partial charge in [0.25, 0.3) is 0 Å². The minimum absolute atomic E-state index is 0.101. The Hall–Kier alpha value is -2.25. The van der Waals surface area contributed by atoms with E-state index in [1.165, 1.54) is 11.3 Å². The topological polar surface area (TPSA) is 53.2 Å². The number of para-hydroxylation sites is 1. The van der Waals surface area contributed by atoms with Gasteiger partial charge in [-0.25, -0.2) is 0 Å². The van der Waals surface area contributed by atoms with Crippen molar-refractivity contribution in [3.63, 3.8) is 0 Å². The second kappa shape index (κ2) is 4.37. The highest BCUT2D eigenvalue weighted by atomic mass is 32.1. The van der Waals surface area contributed by atoms with Crippen LogP contribution in [0.1, 0.15) is 34.1 Å². The minimum atomic E-state index is -0.314. The van der Waals surface area contributed by atoms with Gasteiger partial charge in [0.2, 0.25) is 0 Å². The molecule has 3 nitrogen and oxygen atoms in total. The Bertz CT molecular complexity index is 814. The third-order valence-corrected chi connectivity index (χ3v) is 5.57. The number of fused-ring (bicyclic) bond motifs is 2. The highest BCUT2D eigenvalue weighted by Crippen LogP contribution is 2.54. The van der Waals surface area contributed by atoms with Crippen LogP contribution in [0.5, 0.6) is 0 Å². The molecule has 2 heterocycles. The quantitative estimate of drug-likeness (QED) is 0.804. The van der Waals surface area contributed by atoms with Crippen LogP contribution in [0.3, 0.4) is 0 Å². The second-order valence-corrected chi connectivity index (χ2v) is 6.72. The predicted octanol–water partition coefficient (Wildman–Crippen LogP) is 3.72. The molecule has 2 atom stereocenters. The van der Waals surface area contributed by atoms with Crippen LogP contribution in [-0.2, 0) is 10.2 Å². The summed E-state index contributed by atoms with van der Waals surface area (Å²) in [6.07, 6.45) is 3.00. The van der Waals surface area contributed by atoms with E-state index in [2.05, 4.69) is 17.1 Å². The van der Waals surface area contributed by atoms with Gasteiger partial charge in [0.1, 0.15) is 16.7 Å². The summed E-state index contributed by atoms with van der Waals surface area (Å²) in [4.78, 5) is 18.5. The monoisotopic (exact) mass is 292 g/mol. The van der Waals surface area contributed by atoms with Crippen LogP contribution in [0.15, 0.2) is 41.4 Å². The fraction of sp³-hybridized carbons (Fsp3) is 0.235. The van der Waals surface area contributed by atoms with Crippen LogP contribution in [0.25, 0.3) is 0 Å². The van der Waals surface area contributed by atoms with Crippen molar-refractivity contribution in [3.05, 3.63) is 51.7 Å². The van der Waals surface area contributed by atoms with E-state index in [-0.39, 0.29) is 17.1 Å². The van der Waals surface area contributed by atoms with Crippen molar-refractivity contribution in [1.82, 2.24) is 0 Å². The Labute approximate surface area is 126 Å². The summed E-state index contributed by atoms with van der Waals surface area (Å²) < 4.78 is 0. The Morgan fingerprint density at radius 2 is 2.14 bits per heavy atom. The average Bonchev–Trinajstić information content (AvgIpc) is 3.18. The fourth-order valence-corrected chi connectivity index (χ4v) is 4.55. The summed E-state index contributed by atoms with van der Waals surface area (Å²) in [7, 11) is 0. The summed E-state index contributed by atoms with van der Waals surface area (Å²) in [5.74, 6) is 0.375. The molecule has 4 heteroatoms. The largest absolute Gasteiger partial charge is 0.300 e. The van der Waals surface area contributed by atoms with Crippen LogP contribution in [0.4, 0.5) is 5.69 Å². The van der Waals surface area contributed by atoms with E-state index < -0.39 is 0 Å². The van der Waals surface area contributed by atoms with Gasteiger partial charge in [-0.15, -0.1) is 11.3 Å². The molecule has 2 aromatic rings. The van der Waals surface area contributed by atoms with Crippen LogP contribution in [-0.4, -0.2) is 12.0 Å². The summed E-state index contributed by atoms with van der Waals surface area (Å²) in [5, 5.41) is 9.03. The summed E-state index contributed by atoms with van der Waals surface area (Å²) in [6, 6.07) is 14.1.